The van der Waals surface area contributed by atoms with E-state index in [2.05, 4.69) is 31.4 Å². The summed E-state index contributed by atoms with van der Waals surface area (Å²) in [4.78, 5) is 0. The molecular weight excluding hydrogens is 172 g/mol. The lowest BCUT2D eigenvalue weighted by molar-refractivity contribution is 0.523. The highest BCUT2D eigenvalue weighted by atomic mass is 14.9. The van der Waals surface area contributed by atoms with Crippen LogP contribution in [0, 0.1) is 17.8 Å². The van der Waals surface area contributed by atoms with Gasteiger partial charge < -0.3 is 10.6 Å². The van der Waals surface area contributed by atoms with Gasteiger partial charge >= 0.3 is 0 Å². The third kappa shape index (κ3) is 5.61. The van der Waals surface area contributed by atoms with Gasteiger partial charge in [0.15, 0.2) is 0 Å². The molecule has 2 heteroatoms. The molecule has 0 aliphatic heterocycles. The van der Waals surface area contributed by atoms with Gasteiger partial charge in [0, 0.05) is 0 Å². The Hall–Kier alpha value is -0.0800. The monoisotopic (exact) mass is 198 g/mol. The van der Waals surface area contributed by atoms with Crippen LogP contribution in [0.1, 0.15) is 33.6 Å². The summed E-state index contributed by atoms with van der Waals surface area (Å²) >= 11 is 0. The Labute approximate surface area is 88.8 Å². The van der Waals surface area contributed by atoms with Crippen molar-refractivity contribution in [3.05, 3.63) is 0 Å². The van der Waals surface area contributed by atoms with Crippen molar-refractivity contribution >= 4 is 0 Å². The van der Waals surface area contributed by atoms with Gasteiger partial charge in [-0.1, -0.05) is 20.8 Å². The van der Waals surface area contributed by atoms with Crippen LogP contribution in [-0.4, -0.2) is 26.2 Å². The van der Waals surface area contributed by atoms with E-state index in [-0.39, 0.29) is 0 Å². The van der Waals surface area contributed by atoms with E-state index in [9.17, 15) is 0 Å². The van der Waals surface area contributed by atoms with Gasteiger partial charge in [0.25, 0.3) is 0 Å². The maximum absolute atomic E-state index is 3.53. The van der Waals surface area contributed by atoms with Crippen LogP contribution in [0.15, 0.2) is 0 Å². The minimum absolute atomic E-state index is 0.773. The molecule has 1 aliphatic carbocycles. The summed E-state index contributed by atoms with van der Waals surface area (Å²) in [5.74, 6) is 2.75. The van der Waals surface area contributed by atoms with Crippen LogP contribution < -0.4 is 10.6 Å². The Morgan fingerprint density at radius 1 is 1.21 bits per heavy atom. The van der Waals surface area contributed by atoms with Gasteiger partial charge in [-0.15, -0.1) is 0 Å². The van der Waals surface area contributed by atoms with Gasteiger partial charge in [0.05, 0.1) is 0 Å². The molecule has 0 heterocycles. The second kappa shape index (κ2) is 6.41. The molecule has 0 saturated heterocycles. The van der Waals surface area contributed by atoms with Crippen molar-refractivity contribution in [3.8, 4) is 0 Å². The van der Waals surface area contributed by atoms with E-state index in [1.807, 2.05) is 0 Å². The molecule has 1 rings (SSSR count). The molecule has 0 aromatic carbocycles. The second-order valence-electron chi connectivity index (χ2n) is 5.13. The summed E-state index contributed by atoms with van der Waals surface area (Å²) in [6.07, 6.45) is 2.70. The van der Waals surface area contributed by atoms with Crippen molar-refractivity contribution in [2.24, 2.45) is 17.8 Å². The van der Waals surface area contributed by atoms with Crippen LogP contribution in [0.2, 0.25) is 0 Å². The molecule has 2 N–H and O–H groups in total. The zero-order chi connectivity index (χ0) is 10.4. The molecule has 0 aromatic rings. The smallest absolute Gasteiger partial charge is 0.00179 e. The molecule has 1 fully saturated rings. The molecule has 14 heavy (non-hydrogen) atoms. The first kappa shape index (κ1) is 12.0. The Morgan fingerprint density at radius 3 is 2.43 bits per heavy atom. The maximum atomic E-state index is 3.53. The van der Waals surface area contributed by atoms with Crippen molar-refractivity contribution in [1.82, 2.24) is 10.6 Å². The molecule has 2 nitrogen and oxygen atoms in total. The summed E-state index contributed by atoms with van der Waals surface area (Å²) in [6.45, 7) is 11.6. The summed E-state index contributed by atoms with van der Waals surface area (Å²) in [5.41, 5.74) is 0. The molecule has 0 spiro atoms. The molecule has 2 unspecified atom stereocenters. The lowest BCUT2D eigenvalue weighted by Crippen LogP contribution is -2.25. The van der Waals surface area contributed by atoms with Gasteiger partial charge in [-0.25, -0.2) is 0 Å². The molecule has 0 aromatic heterocycles. The zero-order valence-electron chi connectivity index (χ0n) is 9.97. The number of rotatable bonds is 8. The molecule has 0 amide bonds. The average Bonchev–Trinajstić information content (AvgIpc) is 2.80. The first-order valence-corrected chi connectivity index (χ1v) is 6.11. The fourth-order valence-corrected chi connectivity index (χ4v) is 1.70. The van der Waals surface area contributed by atoms with Crippen molar-refractivity contribution in [2.75, 3.05) is 26.2 Å². The van der Waals surface area contributed by atoms with E-state index >= 15 is 0 Å². The van der Waals surface area contributed by atoms with E-state index in [1.54, 1.807) is 0 Å². The summed E-state index contributed by atoms with van der Waals surface area (Å²) < 4.78 is 0. The molecule has 1 saturated carbocycles. The van der Waals surface area contributed by atoms with E-state index < -0.39 is 0 Å². The Kier molecular flexibility index (Phi) is 5.49. The van der Waals surface area contributed by atoms with Crippen LogP contribution in [0.3, 0.4) is 0 Å². The van der Waals surface area contributed by atoms with Gasteiger partial charge in [-0.05, 0) is 56.8 Å². The van der Waals surface area contributed by atoms with Gasteiger partial charge in [-0.3, -0.25) is 0 Å². The summed E-state index contributed by atoms with van der Waals surface area (Å²) in [7, 11) is 0. The van der Waals surface area contributed by atoms with Gasteiger partial charge in [-0.2, -0.15) is 0 Å². The Balaban J connectivity index is 1.72. The van der Waals surface area contributed by atoms with Crippen LogP contribution in [0.5, 0.6) is 0 Å². The third-order valence-electron chi connectivity index (χ3n) is 2.94. The first-order valence-electron chi connectivity index (χ1n) is 6.11. The predicted molar refractivity (Wildman–Crippen MR) is 62.5 cm³/mol. The van der Waals surface area contributed by atoms with Crippen molar-refractivity contribution in [2.45, 2.75) is 33.6 Å². The molecule has 84 valence electrons. The Morgan fingerprint density at radius 2 is 1.86 bits per heavy atom. The molecule has 0 bridgehead atoms. The van der Waals surface area contributed by atoms with E-state index in [0.717, 1.165) is 30.8 Å². The molecular formula is C12H26N2. The van der Waals surface area contributed by atoms with Crippen molar-refractivity contribution in [1.29, 1.82) is 0 Å². The quantitative estimate of drug-likeness (QED) is 0.582. The maximum Gasteiger partial charge on any atom is -0.00179 e. The highest BCUT2D eigenvalue weighted by Crippen LogP contribution is 2.36. The normalized spacial score (nSPS) is 25.7. The fraction of sp³-hybridized carbons (Fsp3) is 1.00. The molecule has 2 atom stereocenters. The topological polar surface area (TPSA) is 24.1 Å². The highest BCUT2D eigenvalue weighted by molar-refractivity contribution is 4.83. The minimum atomic E-state index is 0.773. The highest BCUT2D eigenvalue weighted by Gasteiger charge is 2.31. The summed E-state index contributed by atoms with van der Waals surface area (Å²) in [5, 5.41) is 6.98. The lowest BCUT2D eigenvalue weighted by atomic mass is 10.2. The van der Waals surface area contributed by atoms with E-state index in [1.165, 1.54) is 25.9 Å². The molecule has 1 aliphatic rings. The van der Waals surface area contributed by atoms with Crippen LogP contribution in [0.25, 0.3) is 0 Å². The third-order valence-corrected chi connectivity index (χ3v) is 2.94. The van der Waals surface area contributed by atoms with E-state index in [0.29, 0.717) is 0 Å². The number of hydrogen-bond donors (Lipinski definition) is 2. The zero-order valence-corrected chi connectivity index (χ0v) is 9.97. The SMILES string of the molecule is CC(C)CNCCCNCC1CC1C. The fourth-order valence-electron chi connectivity index (χ4n) is 1.70. The van der Waals surface area contributed by atoms with Crippen molar-refractivity contribution in [3.63, 3.8) is 0 Å². The number of hydrogen-bond acceptors (Lipinski definition) is 2. The van der Waals surface area contributed by atoms with Crippen molar-refractivity contribution < 1.29 is 0 Å². The van der Waals surface area contributed by atoms with Gasteiger partial charge in [0.2, 0.25) is 0 Å². The van der Waals surface area contributed by atoms with Crippen LogP contribution in [-0.2, 0) is 0 Å². The second-order valence-corrected chi connectivity index (χ2v) is 5.13. The van der Waals surface area contributed by atoms with Crippen LogP contribution >= 0.6 is 0 Å². The van der Waals surface area contributed by atoms with E-state index in [4.69, 9.17) is 0 Å². The minimum Gasteiger partial charge on any atom is -0.316 e. The Bertz CT molecular complexity index is 145. The standard InChI is InChI=1S/C12H26N2/c1-10(2)8-13-5-4-6-14-9-12-7-11(12)3/h10-14H,4-9H2,1-3H3. The lowest BCUT2D eigenvalue weighted by Gasteiger charge is -2.07. The average molecular weight is 198 g/mol. The predicted octanol–water partition coefficient (Wildman–Crippen LogP) is 1.87. The largest absolute Gasteiger partial charge is 0.316 e. The molecule has 0 radical (unpaired) electrons. The first-order chi connectivity index (χ1) is 6.70. The summed E-state index contributed by atoms with van der Waals surface area (Å²) in [6, 6.07) is 0. The van der Waals surface area contributed by atoms with Gasteiger partial charge in [0.1, 0.15) is 0 Å². The van der Waals surface area contributed by atoms with Crippen LogP contribution in [0.4, 0.5) is 0 Å². The number of nitrogens with one attached hydrogen (secondary N) is 2.